The van der Waals surface area contributed by atoms with Crippen LogP contribution in [-0.4, -0.2) is 33.4 Å². The summed E-state index contributed by atoms with van der Waals surface area (Å²) in [5, 5.41) is 3.39. The molecular weight excluding hydrogens is 449 g/mol. The molecule has 1 aliphatic rings. The zero-order chi connectivity index (χ0) is 22.5. The molecule has 10 heteroatoms. The summed E-state index contributed by atoms with van der Waals surface area (Å²) in [5.74, 6) is -1.50. The van der Waals surface area contributed by atoms with Gasteiger partial charge in [-0.1, -0.05) is 23.2 Å². The maximum absolute atomic E-state index is 15.0. The Morgan fingerprint density at radius 1 is 1.23 bits per heavy atom. The van der Waals surface area contributed by atoms with Gasteiger partial charge in [0.25, 0.3) is 5.56 Å². The van der Waals surface area contributed by atoms with Crippen LogP contribution in [0.3, 0.4) is 0 Å². The maximum Gasteiger partial charge on any atom is 0.261 e. The minimum absolute atomic E-state index is 0.0124. The Kier molecular flexibility index (Phi) is 5.39. The summed E-state index contributed by atoms with van der Waals surface area (Å²) in [6.45, 7) is 1.84. The molecule has 1 amide bonds. The van der Waals surface area contributed by atoms with Crippen LogP contribution in [0.25, 0.3) is 10.9 Å². The Balaban J connectivity index is 1.89. The quantitative estimate of drug-likeness (QED) is 0.590. The van der Waals surface area contributed by atoms with Crippen molar-refractivity contribution in [2.45, 2.75) is 18.9 Å². The molecule has 3 aromatic rings. The molecule has 0 bridgehead atoms. The average molecular weight is 467 g/mol. The molecule has 1 atom stereocenters. The van der Waals surface area contributed by atoms with Gasteiger partial charge in [0, 0.05) is 38.3 Å². The first-order chi connectivity index (χ1) is 14.6. The summed E-state index contributed by atoms with van der Waals surface area (Å²) < 4.78 is 31.0. The number of nitrogens with one attached hydrogen (secondary N) is 1. The molecule has 1 saturated heterocycles. The van der Waals surface area contributed by atoms with Crippen molar-refractivity contribution < 1.29 is 13.6 Å². The first kappa shape index (κ1) is 21.5. The number of benzene rings is 2. The van der Waals surface area contributed by atoms with Gasteiger partial charge in [-0.05, 0) is 30.7 Å². The number of nitrogens with zero attached hydrogens (tertiary/aromatic N) is 3. The van der Waals surface area contributed by atoms with Crippen molar-refractivity contribution in [1.29, 1.82) is 0 Å². The van der Waals surface area contributed by atoms with Crippen LogP contribution in [0.5, 0.6) is 0 Å². The highest BCUT2D eigenvalue weighted by Crippen LogP contribution is 2.43. The second-order valence-electron chi connectivity index (χ2n) is 7.63. The lowest BCUT2D eigenvalue weighted by atomic mass is 9.87. The fraction of sp³-hybridized carbons (Fsp3) is 0.286. The van der Waals surface area contributed by atoms with E-state index in [1.807, 2.05) is 0 Å². The monoisotopic (exact) mass is 466 g/mol. The molecule has 1 N–H and O–H groups in total. The van der Waals surface area contributed by atoms with Gasteiger partial charge in [0.05, 0.1) is 27.3 Å². The zero-order valence-electron chi connectivity index (χ0n) is 16.7. The van der Waals surface area contributed by atoms with Gasteiger partial charge in [0.15, 0.2) is 5.82 Å². The summed E-state index contributed by atoms with van der Waals surface area (Å²) in [5.41, 5.74) is -1.34. The molecule has 1 aromatic heterocycles. The maximum atomic E-state index is 15.0. The van der Waals surface area contributed by atoms with E-state index in [4.69, 9.17) is 23.2 Å². The minimum Gasteiger partial charge on any atom is -0.373 e. The zero-order valence-corrected chi connectivity index (χ0v) is 18.2. The number of aryl methyl sites for hydroxylation is 1. The number of carbonyl (C=O) groups is 1. The predicted octanol–water partition coefficient (Wildman–Crippen LogP) is 4.08. The number of fused-ring (bicyclic) bond motifs is 1. The average Bonchev–Trinajstić information content (AvgIpc) is 3.13. The van der Waals surface area contributed by atoms with Gasteiger partial charge in [0.1, 0.15) is 11.3 Å². The number of halogens is 4. The lowest BCUT2D eigenvalue weighted by Gasteiger charge is -2.33. The summed E-state index contributed by atoms with van der Waals surface area (Å²) in [7, 11) is 1.51. The minimum atomic E-state index is -1.18. The van der Waals surface area contributed by atoms with Crippen LogP contribution in [0.1, 0.15) is 18.9 Å². The number of amides is 1. The predicted molar refractivity (Wildman–Crippen MR) is 116 cm³/mol. The number of hydrogen-bond donors (Lipinski definition) is 1. The third-order valence-electron chi connectivity index (χ3n) is 5.59. The largest absolute Gasteiger partial charge is 0.373 e. The van der Waals surface area contributed by atoms with E-state index in [1.165, 1.54) is 49.1 Å². The van der Waals surface area contributed by atoms with E-state index in [-0.39, 0.29) is 44.7 Å². The topological polar surface area (TPSA) is 67.2 Å². The molecule has 0 radical (unpaired) electrons. The summed E-state index contributed by atoms with van der Waals surface area (Å²) in [6, 6.07) is 5.19. The first-order valence-electron chi connectivity index (χ1n) is 9.45. The van der Waals surface area contributed by atoms with Crippen LogP contribution in [0.2, 0.25) is 10.0 Å². The summed E-state index contributed by atoms with van der Waals surface area (Å²) in [4.78, 5) is 30.0. The molecule has 0 saturated carbocycles. The lowest BCUT2D eigenvalue weighted by Crippen LogP contribution is -2.41. The highest BCUT2D eigenvalue weighted by Gasteiger charge is 2.44. The van der Waals surface area contributed by atoms with E-state index in [2.05, 4.69) is 10.3 Å². The van der Waals surface area contributed by atoms with Crippen molar-refractivity contribution >= 4 is 45.7 Å². The molecule has 1 aliphatic heterocycles. The van der Waals surface area contributed by atoms with Crippen LogP contribution >= 0.6 is 23.2 Å². The Labute approximate surface area is 186 Å². The van der Waals surface area contributed by atoms with Crippen LogP contribution in [-0.2, 0) is 17.4 Å². The Morgan fingerprint density at radius 2 is 1.97 bits per heavy atom. The summed E-state index contributed by atoms with van der Waals surface area (Å²) in [6.07, 6.45) is 1.54. The molecule has 6 nitrogen and oxygen atoms in total. The van der Waals surface area contributed by atoms with Gasteiger partial charge in [-0.2, -0.15) is 0 Å². The smallest absolute Gasteiger partial charge is 0.261 e. The number of carbonyl (C=O) groups excluding carboxylic acids is 1. The van der Waals surface area contributed by atoms with E-state index in [0.717, 1.165) is 0 Å². The van der Waals surface area contributed by atoms with E-state index < -0.39 is 22.7 Å². The van der Waals surface area contributed by atoms with E-state index in [1.54, 1.807) is 4.90 Å². The normalized spacial score (nSPS) is 18.6. The Bertz CT molecular complexity index is 1280. The Morgan fingerprint density at radius 3 is 2.65 bits per heavy atom. The van der Waals surface area contributed by atoms with Crippen LogP contribution in [0, 0.1) is 11.6 Å². The highest BCUT2D eigenvalue weighted by atomic mass is 35.5. The number of aromatic nitrogens is 2. The standard InChI is InChI=1S/C21H18Cl2F2N4O2/c1-11(30)29-6-5-21(9-29,17-15(24)4-3-14(22)18(17)23)27-12-7-13-19(16(25)8-12)26-10-28(2)20(13)31/h3-4,7-8,10,27H,5-6,9H2,1-2H3/t21-/m1/s1. The molecule has 162 valence electrons. The van der Waals surface area contributed by atoms with Crippen molar-refractivity contribution in [2.24, 2.45) is 7.05 Å². The van der Waals surface area contributed by atoms with E-state index >= 15 is 0 Å². The van der Waals surface area contributed by atoms with Crippen LogP contribution in [0.4, 0.5) is 14.5 Å². The second kappa shape index (κ2) is 7.76. The van der Waals surface area contributed by atoms with Gasteiger partial charge < -0.3 is 14.8 Å². The van der Waals surface area contributed by atoms with Crippen molar-refractivity contribution in [2.75, 3.05) is 18.4 Å². The number of rotatable bonds is 3. The molecule has 2 aromatic carbocycles. The van der Waals surface area contributed by atoms with Crippen LogP contribution < -0.4 is 10.9 Å². The fourth-order valence-corrected chi connectivity index (χ4v) is 4.53. The number of hydrogen-bond acceptors (Lipinski definition) is 4. The van der Waals surface area contributed by atoms with Gasteiger partial charge in [-0.15, -0.1) is 0 Å². The lowest BCUT2D eigenvalue weighted by molar-refractivity contribution is -0.127. The first-order valence-corrected chi connectivity index (χ1v) is 10.2. The number of anilines is 1. The third-order valence-corrected chi connectivity index (χ3v) is 6.40. The second-order valence-corrected chi connectivity index (χ2v) is 8.42. The van der Waals surface area contributed by atoms with Crippen molar-refractivity contribution in [3.05, 3.63) is 68.2 Å². The van der Waals surface area contributed by atoms with Gasteiger partial charge in [-0.25, -0.2) is 13.8 Å². The molecule has 1 fully saturated rings. The van der Waals surface area contributed by atoms with E-state index in [0.29, 0.717) is 13.0 Å². The van der Waals surface area contributed by atoms with Crippen molar-refractivity contribution in [3.8, 4) is 0 Å². The highest BCUT2D eigenvalue weighted by molar-refractivity contribution is 6.42. The van der Waals surface area contributed by atoms with Crippen LogP contribution in [0.15, 0.2) is 35.4 Å². The Hall–Kier alpha value is -2.71. The number of likely N-dealkylation sites (tertiary alicyclic amines) is 1. The van der Waals surface area contributed by atoms with Gasteiger partial charge in [-0.3, -0.25) is 9.59 Å². The van der Waals surface area contributed by atoms with Crippen molar-refractivity contribution in [1.82, 2.24) is 14.5 Å². The molecular formula is C21H18Cl2F2N4O2. The van der Waals surface area contributed by atoms with E-state index in [9.17, 15) is 18.4 Å². The summed E-state index contributed by atoms with van der Waals surface area (Å²) >= 11 is 12.5. The SMILES string of the molecule is CC(=O)N1CC[C@](Nc2cc(F)c3ncn(C)c(=O)c3c2)(c2c(F)ccc(Cl)c2Cl)C1. The molecule has 0 unspecified atom stereocenters. The molecule has 2 heterocycles. The molecule has 0 spiro atoms. The van der Waals surface area contributed by atoms with Gasteiger partial charge in [0.2, 0.25) is 5.91 Å². The molecule has 31 heavy (non-hydrogen) atoms. The molecule has 4 rings (SSSR count). The molecule has 0 aliphatic carbocycles. The third kappa shape index (κ3) is 3.64. The fourth-order valence-electron chi connectivity index (χ4n) is 4.04. The van der Waals surface area contributed by atoms with Crippen molar-refractivity contribution in [3.63, 3.8) is 0 Å². The van der Waals surface area contributed by atoms with Gasteiger partial charge >= 0.3 is 0 Å².